The van der Waals surface area contributed by atoms with Crippen molar-refractivity contribution in [2.75, 3.05) is 17.3 Å². The van der Waals surface area contributed by atoms with Crippen LogP contribution in [-0.2, 0) is 9.59 Å². The first-order valence-corrected chi connectivity index (χ1v) is 9.70. The Kier molecular flexibility index (Phi) is 6.24. The Morgan fingerprint density at radius 1 is 0.857 bits per heavy atom. The topological polar surface area (TPSA) is 66.5 Å². The Morgan fingerprint density at radius 2 is 1.43 bits per heavy atom. The summed E-state index contributed by atoms with van der Waals surface area (Å²) < 4.78 is 0. The van der Waals surface area contributed by atoms with Gasteiger partial charge in [0, 0.05) is 35.8 Å². The van der Waals surface area contributed by atoms with Gasteiger partial charge in [-0.1, -0.05) is 18.2 Å². The standard InChI is InChI=1S/C23H26N2O3/c1-16(26)17-12-14-20(15-13-17)24-22(27)18-8-10-19(11-9-18)23(28)25(2)21-6-4-3-5-7-21/h3-7,12-15,18-19H,8-11H2,1-2H3,(H,24,27). The highest BCUT2D eigenvalue weighted by Crippen LogP contribution is 2.31. The van der Waals surface area contributed by atoms with Crippen molar-refractivity contribution in [3.63, 3.8) is 0 Å². The molecule has 146 valence electrons. The molecule has 1 N–H and O–H groups in total. The van der Waals surface area contributed by atoms with Gasteiger partial charge in [-0.15, -0.1) is 0 Å². The lowest BCUT2D eigenvalue weighted by atomic mass is 9.81. The third-order valence-electron chi connectivity index (χ3n) is 5.48. The van der Waals surface area contributed by atoms with Crippen molar-refractivity contribution < 1.29 is 14.4 Å². The fraction of sp³-hybridized carbons (Fsp3) is 0.348. The van der Waals surface area contributed by atoms with Crippen LogP contribution >= 0.6 is 0 Å². The van der Waals surface area contributed by atoms with E-state index in [2.05, 4.69) is 5.32 Å². The molecule has 5 heteroatoms. The van der Waals surface area contributed by atoms with Crippen LogP contribution in [0.5, 0.6) is 0 Å². The third kappa shape index (κ3) is 4.66. The molecule has 0 bridgehead atoms. The van der Waals surface area contributed by atoms with Gasteiger partial charge in [0.15, 0.2) is 5.78 Å². The first kappa shape index (κ1) is 19.8. The summed E-state index contributed by atoms with van der Waals surface area (Å²) in [5.41, 5.74) is 2.21. The second-order valence-corrected chi connectivity index (χ2v) is 7.40. The fourth-order valence-corrected chi connectivity index (χ4v) is 3.69. The van der Waals surface area contributed by atoms with Crippen LogP contribution in [0.25, 0.3) is 0 Å². The predicted octanol–water partition coefficient (Wildman–Crippen LogP) is 4.30. The van der Waals surface area contributed by atoms with Crippen molar-refractivity contribution in [2.24, 2.45) is 11.8 Å². The molecule has 0 radical (unpaired) electrons. The number of carbonyl (C=O) groups is 3. The van der Waals surface area contributed by atoms with Gasteiger partial charge in [0.1, 0.15) is 0 Å². The summed E-state index contributed by atoms with van der Waals surface area (Å²) in [5.74, 6) is -0.0215. The molecule has 0 saturated heterocycles. The van der Waals surface area contributed by atoms with Crippen LogP contribution in [0.4, 0.5) is 11.4 Å². The number of Topliss-reactive ketones (excluding diaryl/α,β-unsaturated/α-hetero) is 1. The van der Waals surface area contributed by atoms with E-state index in [0.29, 0.717) is 24.1 Å². The van der Waals surface area contributed by atoms with E-state index in [1.54, 1.807) is 36.2 Å². The highest BCUT2D eigenvalue weighted by molar-refractivity contribution is 5.97. The molecule has 1 saturated carbocycles. The van der Waals surface area contributed by atoms with Crippen LogP contribution < -0.4 is 10.2 Å². The van der Waals surface area contributed by atoms with Gasteiger partial charge in [0.2, 0.25) is 11.8 Å². The van der Waals surface area contributed by atoms with Crippen LogP contribution in [0.3, 0.4) is 0 Å². The summed E-state index contributed by atoms with van der Waals surface area (Å²) in [4.78, 5) is 38.3. The molecule has 1 aliphatic carbocycles. The maximum absolute atomic E-state index is 12.8. The smallest absolute Gasteiger partial charge is 0.229 e. The average Bonchev–Trinajstić information content (AvgIpc) is 2.73. The van der Waals surface area contributed by atoms with Crippen LogP contribution in [-0.4, -0.2) is 24.6 Å². The van der Waals surface area contributed by atoms with Gasteiger partial charge in [0.05, 0.1) is 0 Å². The normalized spacial score (nSPS) is 18.9. The summed E-state index contributed by atoms with van der Waals surface area (Å²) in [6, 6.07) is 16.5. The quantitative estimate of drug-likeness (QED) is 0.789. The number of amides is 2. The molecule has 1 aliphatic rings. The molecule has 28 heavy (non-hydrogen) atoms. The van der Waals surface area contributed by atoms with E-state index < -0.39 is 0 Å². The lowest BCUT2D eigenvalue weighted by Crippen LogP contribution is -2.36. The predicted molar refractivity (Wildman–Crippen MR) is 110 cm³/mol. The summed E-state index contributed by atoms with van der Waals surface area (Å²) in [5, 5.41) is 2.92. The molecule has 1 fully saturated rings. The van der Waals surface area contributed by atoms with Gasteiger partial charge in [-0.2, -0.15) is 0 Å². The monoisotopic (exact) mass is 378 g/mol. The summed E-state index contributed by atoms with van der Waals surface area (Å²) in [6.45, 7) is 1.52. The number of hydrogen-bond donors (Lipinski definition) is 1. The third-order valence-corrected chi connectivity index (χ3v) is 5.48. The summed E-state index contributed by atoms with van der Waals surface area (Å²) >= 11 is 0. The Labute approximate surface area is 165 Å². The minimum Gasteiger partial charge on any atom is -0.326 e. The van der Waals surface area contributed by atoms with Gasteiger partial charge in [0.25, 0.3) is 0 Å². The number of anilines is 2. The molecule has 5 nitrogen and oxygen atoms in total. The number of nitrogens with zero attached hydrogens (tertiary/aromatic N) is 1. The Hall–Kier alpha value is -2.95. The van der Waals surface area contributed by atoms with E-state index in [1.165, 1.54) is 6.92 Å². The second-order valence-electron chi connectivity index (χ2n) is 7.40. The number of nitrogens with one attached hydrogen (secondary N) is 1. The van der Waals surface area contributed by atoms with Gasteiger partial charge >= 0.3 is 0 Å². The highest BCUT2D eigenvalue weighted by atomic mass is 16.2. The molecule has 0 atom stereocenters. The number of hydrogen-bond acceptors (Lipinski definition) is 3. The molecule has 2 aromatic carbocycles. The molecule has 0 heterocycles. The number of para-hydroxylation sites is 1. The van der Waals surface area contributed by atoms with E-state index in [0.717, 1.165) is 18.5 Å². The minimum absolute atomic E-state index is 0.00124. The number of benzene rings is 2. The van der Waals surface area contributed by atoms with Crippen molar-refractivity contribution in [3.8, 4) is 0 Å². The molecular formula is C23H26N2O3. The first-order chi connectivity index (χ1) is 13.5. The van der Waals surface area contributed by atoms with Crippen LogP contribution in [0.1, 0.15) is 43.0 Å². The number of ketones is 1. The first-order valence-electron chi connectivity index (χ1n) is 9.70. The Bertz CT molecular complexity index is 838. The number of carbonyl (C=O) groups excluding carboxylic acids is 3. The Morgan fingerprint density at radius 3 is 2.00 bits per heavy atom. The SMILES string of the molecule is CC(=O)c1ccc(NC(=O)C2CCC(C(=O)N(C)c3ccccc3)CC2)cc1. The highest BCUT2D eigenvalue weighted by Gasteiger charge is 2.31. The van der Waals surface area contributed by atoms with Gasteiger partial charge in [-0.05, 0) is 69.0 Å². The van der Waals surface area contributed by atoms with Crippen LogP contribution in [0.2, 0.25) is 0 Å². The van der Waals surface area contributed by atoms with Crippen molar-refractivity contribution in [1.29, 1.82) is 0 Å². The van der Waals surface area contributed by atoms with Crippen molar-refractivity contribution >= 4 is 29.0 Å². The van der Waals surface area contributed by atoms with E-state index in [1.807, 2.05) is 30.3 Å². The van der Waals surface area contributed by atoms with Crippen LogP contribution in [0.15, 0.2) is 54.6 Å². The van der Waals surface area contributed by atoms with Crippen molar-refractivity contribution in [2.45, 2.75) is 32.6 Å². The largest absolute Gasteiger partial charge is 0.326 e. The van der Waals surface area contributed by atoms with Gasteiger partial charge in [-0.25, -0.2) is 0 Å². The average molecular weight is 378 g/mol. The van der Waals surface area contributed by atoms with E-state index in [4.69, 9.17) is 0 Å². The minimum atomic E-state index is -0.0847. The van der Waals surface area contributed by atoms with Crippen LogP contribution in [0, 0.1) is 11.8 Å². The maximum atomic E-state index is 12.8. The molecule has 0 aliphatic heterocycles. The zero-order valence-corrected chi connectivity index (χ0v) is 16.4. The van der Waals surface area contributed by atoms with E-state index in [9.17, 15) is 14.4 Å². The molecule has 0 spiro atoms. The lowest BCUT2D eigenvalue weighted by molar-refractivity contribution is -0.126. The van der Waals surface area contributed by atoms with Crippen molar-refractivity contribution in [3.05, 3.63) is 60.2 Å². The van der Waals surface area contributed by atoms with Gasteiger partial charge in [-0.3, -0.25) is 14.4 Å². The fourth-order valence-electron chi connectivity index (χ4n) is 3.69. The zero-order chi connectivity index (χ0) is 20.1. The van der Waals surface area contributed by atoms with Gasteiger partial charge < -0.3 is 10.2 Å². The molecule has 2 amide bonds. The summed E-state index contributed by atoms with van der Waals surface area (Å²) in [6.07, 6.45) is 2.85. The molecule has 3 rings (SSSR count). The lowest BCUT2D eigenvalue weighted by Gasteiger charge is -2.30. The maximum Gasteiger partial charge on any atom is 0.229 e. The van der Waals surface area contributed by atoms with Crippen molar-refractivity contribution in [1.82, 2.24) is 0 Å². The molecule has 0 unspecified atom stereocenters. The molecule has 0 aromatic heterocycles. The molecular weight excluding hydrogens is 352 g/mol. The zero-order valence-electron chi connectivity index (χ0n) is 16.4. The van der Waals surface area contributed by atoms with E-state index in [-0.39, 0.29) is 29.4 Å². The Balaban J connectivity index is 1.52. The van der Waals surface area contributed by atoms with E-state index >= 15 is 0 Å². The summed E-state index contributed by atoms with van der Waals surface area (Å²) in [7, 11) is 1.81. The number of rotatable bonds is 5. The molecule has 2 aromatic rings. The second kappa shape index (κ2) is 8.83.